The van der Waals surface area contributed by atoms with Crippen molar-refractivity contribution in [3.05, 3.63) is 160 Å². The Morgan fingerprint density at radius 2 is 1.54 bits per heavy atom. The number of carbonyl (C=O) groups excluding carboxylic acids is 5. The molecule has 18 heteroatoms. The average molecular weight is 1150 g/mol. The fourth-order valence-electron chi connectivity index (χ4n) is 11.0. The number of nitrogens with one attached hydrogen (secondary N) is 3. The fourth-order valence-corrected chi connectivity index (χ4v) is 11.8. The van der Waals surface area contributed by atoms with Crippen LogP contribution in [-0.4, -0.2) is 145 Å². The van der Waals surface area contributed by atoms with E-state index in [0.29, 0.717) is 63.6 Å². The molecule has 0 radical (unpaired) electrons. The number of aryl methyl sites for hydroxylation is 1. The fraction of sp³-hybridized carbons (Fsp3) is 0.348. The first-order valence-corrected chi connectivity index (χ1v) is 29.5. The molecule has 0 unspecified atom stereocenters. The van der Waals surface area contributed by atoms with Crippen molar-refractivity contribution in [2.24, 2.45) is 5.41 Å². The van der Waals surface area contributed by atoms with E-state index in [0.717, 1.165) is 71.9 Å². The van der Waals surface area contributed by atoms with Gasteiger partial charge >= 0.3 is 0 Å². The molecule has 432 valence electrons. The molecule has 2 saturated heterocycles. The second-order valence-corrected chi connectivity index (χ2v) is 23.7. The summed E-state index contributed by atoms with van der Waals surface area (Å²) in [5.41, 5.74) is 11.0. The summed E-state index contributed by atoms with van der Waals surface area (Å²) in [6.45, 7) is 13.1. The van der Waals surface area contributed by atoms with Crippen LogP contribution in [0.3, 0.4) is 0 Å². The molecule has 0 bridgehead atoms. The minimum Gasteiger partial charge on any atom is -0.391 e. The van der Waals surface area contributed by atoms with E-state index in [4.69, 9.17) is 9.97 Å². The first-order chi connectivity index (χ1) is 40.5. The Balaban J connectivity index is 0.647. The predicted octanol–water partition coefficient (Wildman–Crippen LogP) is 8.18. The van der Waals surface area contributed by atoms with Crippen molar-refractivity contribution in [3.63, 3.8) is 0 Å². The molecular formula is C66H71N11O6S. The van der Waals surface area contributed by atoms with E-state index in [-0.39, 0.29) is 49.6 Å². The number of carbonyl (C=O) groups is 5. The van der Waals surface area contributed by atoms with E-state index in [1.54, 1.807) is 22.4 Å². The van der Waals surface area contributed by atoms with Crippen LogP contribution in [0.1, 0.15) is 103 Å². The number of pyridine rings is 1. The number of β-amino-alcohol motifs (C(OH)–C–C–N with tert-alkyl or cyclic N) is 1. The zero-order chi connectivity index (χ0) is 59.1. The third kappa shape index (κ3) is 13.9. The second kappa shape index (κ2) is 25.9. The number of amides is 5. The van der Waals surface area contributed by atoms with Crippen LogP contribution in [0.2, 0.25) is 0 Å². The number of piperazine rings is 1. The molecule has 4 atom stereocenters. The lowest BCUT2D eigenvalue weighted by Gasteiger charge is -2.36. The molecule has 3 aromatic heterocycles. The van der Waals surface area contributed by atoms with Gasteiger partial charge in [-0.25, -0.2) is 15.0 Å². The van der Waals surface area contributed by atoms with Crippen LogP contribution in [0.4, 0.5) is 5.82 Å². The molecule has 7 aromatic rings. The Bertz CT molecular complexity index is 3650. The minimum absolute atomic E-state index is 0.0102. The van der Waals surface area contributed by atoms with Crippen molar-refractivity contribution in [2.45, 2.75) is 91.1 Å². The maximum Gasteiger partial charge on any atom is 0.254 e. The molecule has 3 aliphatic rings. The molecule has 0 spiro atoms. The van der Waals surface area contributed by atoms with Crippen molar-refractivity contribution >= 4 is 69.7 Å². The minimum atomic E-state index is -0.997. The van der Waals surface area contributed by atoms with E-state index in [2.05, 4.69) is 42.7 Å². The number of likely N-dealkylation sites (tertiary alicyclic amines) is 1. The lowest BCUT2D eigenvalue weighted by Crippen LogP contribution is -2.58. The van der Waals surface area contributed by atoms with E-state index in [1.165, 1.54) is 4.90 Å². The third-order valence-electron chi connectivity index (χ3n) is 15.9. The van der Waals surface area contributed by atoms with Crippen LogP contribution < -0.4 is 16.0 Å². The smallest absolute Gasteiger partial charge is 0.254 e. The Hall–Kier alpha value is -8.63. The first-order valence-electron chi connectivity index (χ1n) is 28.7. The standard InChI is InChI=1S/C66H71N11O6S/c1-42(47-23-25-48(26-24-47)59-43(2)69-41-84-59)70-63(81)56-37-52(78)39-77(56)65(83)60(66(3,4)5)72-57(79)27-28-58(80)75-34-32-74(33-35-75)30-9-10-44-13-15-45(16-14-44)17-18-46-19-21-49(22-20-46)64(82)76-31-29-53-55(40-76)71-61(73-62(53)67-6)51-36-50-11-7-8-12-54(50)68-38-51/h7-8,11-26,36,38,41-42,52,56,60,78H,27-35,37,39-40H2,1-6H3,(H,70,81)(H,72,79)(H,67,71,73)/b18-17+/t42-,52+,56-,60+/m0/s1. The largest absolute Gasteiger partial charge is 0.391 e. The molecule has 2 fully saturated rings. The topological polar surface area (TPSA) is 206 Å². The number of benzene rings is 4. The van der Waals surface area contributed by atoms with Gasteiger partial charge in [0.05, 0.1) is 52.5 Å². The van der Waals surface area contributed by atoms with Crippen molar-refractivity contribution in [2.75, 3.05) is 58.2 Å². The van der Waals surface area contributed by atoms with Crippen molar-refractivity contribution < 1.29 is 29.1 Å². The monoisotopic (exact) mass is 1150 g/mol. The molecule has 17 nitrogen and oxygen atoms in total. The number of anilines is 1. The summed E-state index contributed by atoms with van der Waals surface area (Å²) in [5, 5.41) is 20.9. The summed E-state index contributed by atoms with van der Waals surface area (Å²) in [6, 6.07) is 31.3. The lowest BCUT2D eigenvalue weighted by molar-refractivity contribution is -0.144. The van der Waals surface area contributed by atoms with Crippen LogP contribution in [-0.2, 0) is 32.1 Å². The lowest BCUT2D eigenvalue weighted by atomic mass is 9.85. The maximum atomic E-state index is 14.2. The predicted molar refractivity (Wildman–Crippen MR) is 328 cm³/mol. The summed E-state index contributed by atoms with van der Waals surface area (Å²) in [4.78, 5) is 95.5. The molecule has 4 aromatic carbocycles. The summed E-state index contributed by atoms with van der Waals surface area (Å²) < 4.78 is 0. The number of aromatic nitrogens is 4. The van der Waals surface area contributed by atoms with E-state index in [1.807, 2.05) is 167 Å². The van der Waals surface area contributed by atoms with Gasteiger partial charge in [-0.3, -0.25) is 33.9 Å². The van der Waals surface area contributed by atoms with Gasteiger partial charge in [0.25, 0.3) is 5.91 Å². The summed E-state index contributed by atoms with van der Waals surface area (Å²) >= 11 is 1.57. The van der Waals surface area contributed by atoms with Gasteiger partial charge in [0.2, 0.25) is 23.6 Å². The first kappa shape index (κ1) is 58.6. The molecule has 0 aliphatic carbocycles. The van der Waals surface area contributed by atoms with Crippen molar-refractivity contribution in [1.82, 2.24) is 50.2 Å². The highest BCUT2D eigenvalue weighted by Gasteiger charge is 2.45. The van der Waals surface area contributed by atoms with Crippen LogP contribution in [0.15, 0.2) is 115 Å². The quantitative estimate of drug-likeness (QED) is 0.0567. The summed E-state index contributed by atoms with van der Waals surface area (Å²) in [7, 11) is 1.86. The molecule has 0 saturated carbocycles. The van der Waals surface area contributed by atoms with E-state index < -0.39 is 35.4 Å². The molecule has 5 amide bonds. The third-order valence-corrected chi connectivity index (χ3v) is 16.8. The molecule has 84 heavy (non-hydrogen) atoms. The number of para-hydroxylation sites is 1. The van der Waals surface area contributed by atoms with Gasteiger partial charge < -0.3 is 35.8 Å². The van der Waals surface area contributed by atoms with Gasteiger partial charge in [0.15, 0.2) is 5.82 Å². The second-order valence-electron chi connectivity index (χ2n) is 22.9. The number of hydrogen-bond acceptors (Lipinski definition) is 13. The summed E-state index contributed by atoms with van der Waals surface area (Å²) in [5.74, 6) is 6.42. The maximum absolute atomic E-state index is 14.2. The number of aliphatic hydroxyl groups is 1. The number of hydrogen-bond donors (Lipinski definition) is 4. The Morgan fingerprint density at radius 1 is 0.821 bits per heavy atom. The van der Waals surface area contributed by atoms with Crippen LogP contribution in [0.25, 0.3) is 44.9 Å². The molecule has 3 aliphatic heterocycles. The Kier molecular flexibility index (Phi) is 18.0. The normalized spacial score (nSPS) is 17.1. The van der Waals surface area contributed by atoms with Gasteiger partial charge in [-0.2, -0.15) is 0 Å². The van der Waals surface area contributed by atoms with Gasteiger partial charge in [-0.1, -0.05) is 111 Å². The number of nitrogens with zero attached hydrogens (tertiary/aromatic N) is 8. The average Bonchev–Trinajstić information content (AvgIpc) is 3.80. The van der Waals surface area contributed by atoms with Gasteiger partial charge in [-0.05, 0) is 84.3 Å². The van der Waals surface area contributed by atoms with Crippen LogP contribution >= 0.6 is 11.3 Å². The Morgan fingerprint density at radius 3 is 2.23 bits per heavy atom. The van der Waals surface area contributed by atoms with Gasteiger partial charge in [0.1, 0.15) is 17.9 Å². The van der Waals surface area contributed by atoms with Crippen molar-refractivity contribution in [3.8, 4) is 33.7 Å². The van der Waals surface area contributed by atoms with Crippen molar-refractivity contribution in [1.29, 1.82) is 0 Å². The number of rotatable bonds is 15. The van der Waals surface area contributed by atoms with Crippen LogP contribution in [0, 0.1) is 24.2 Å². The van der Waals surface area contributed by atoms with Crippen LogP contribution in [0.5, 0.6) is 0 Å². The van der Waals surface area contributed by atoms with Gasteiger partial charge in [0, 0.05) is 99.4 Å². The zero-order valence-corrected chi connectivity index (χ0v) is 49.2. The van der Waals surface area contributed by atoms with E-state index in [9.17, 15) is 29.1 Å². The Labute approximate surface area is 494 Å². The molecule has 6 heterocycles. The highest BCUT2D eigenvalue weighted by molar-refractivity contribution is 7.13. The number of thiazole rings is 1. The highest BCUT2D eigenvalue weighted by Crippen LogP contribution is 2.32. The van der Waals surface area contributed by atoms with E-state index >= 15 is 0 Å². The molecule has 4 N–H and O–H groups in total. The number of fused-ring (bicyclic) bond motifs is 2. The molecule has 10 rings (SSSR count). The zero-order valence-electron chi connectivity index (χ0n) is 48.4. The number of aliphatic hydroxyl groups excluding tert-OH is 1. The molecular weight excluding hydrogens is 1070 g/mol. The summed E-state index contributed by atoms with van der Waals surface area (Å²) in [6.07, 6.45) is 5.56. The van der Waals surface area contributed by atoms with Gasteiger partial charge in [-0.15, -0.1) is 11.3 Å². The SMILES string of the molecule is CNc1nc(-c2cnc3ccccc3c2)nc2c1CCN(C(=O)c1ccc(/C=C/c3ccc(C#CCN4CCN(C(=O)CCC(=O)N[C@H](C(=O)N5C[C@H](O)C[C@H]5C(=O)N[C@@H](C)c5ccc(-c6scnc6C)cc5)C(C)(C)C)CC4)cc3)cc1)C2. The highest BCUT2D eigenvalue weighted by atomic mass is 32.1.